The van der Waals surface area contributed by atoms with Crippen LogP contribution in [0.2, 0.25) is 0 Å². The second kappa shape index (κ2) is 11.0. The van der Waals surface area contributed by atoms with E-state index in [4.69, 9.17) is 14.6 Å². The Bertz CT molecular complexity index is 962. The van der Waals surface area contributed by atoms with Crippen LogP contribution in [0, 0.1) is 0 Å². The van der Waals surface area contributed by atoms with Gasteiger partial charge in [0, 0.05) is 25.6 Å². The Morgan fingerprint density at radius 2 is 1.64 bits per heavy atom. The van der Waals surface area contributed by atoms with E-state index >= 15 is 0 Å². The average molecular weight is 455 g/mol. The first-order valence-corrected chi connectivity index (χ1v) is 11.0. The van der Waals surface area contributed by atoms with Gasteiger partial charge in [-0.25, -0.2) is 4.79 Å². The number of fused-ring (bicyclic) bond motifs is 3. The first-order chi connectivity index (χ1) is 15.9. The third kappa shape index (κ3) is 5.51. The molecule has 0 spiro atoms. The number of alkyl carbamates (subject to hydrolysis) is 1. The molecule has 2 amide bonds. The van der Waals surface area contributed by atoms with E-state index in [0.717, 1.165) is 22.3 Å². The van der Waals surface area contributed by atoms with E-state index < -0.39 is 24.2 Å². The van der Waals surface area contributed by atoms with Crippen molar-refractivity contribution in [3.8, 4) is 11.1 Å². The summed E-state index contributed by atoms with van der Waals surface area (Å²) in [4.78, 5) is 37.6. The van der Waals surface area contributed by atoms with Crippen LogP contribution in [0.15, 0.2) is 48.5 Å². The van der Waals surface area contributed by atoms with E-state index in [9.17, 15) is 14.4 Å². The van der Waals surface area contributed by atoms with Gasteiger partial charge in [-0.05, 0) is 36.1 Å². The summed E-state index contributed by atoms with van der Waals surface area (Å²) in [6, 6.07) is 15.6. The molecule has 0 saturated heterocycles. The molecule has 0 fully saturated rings. The molecule has 3 rings (SSSR count). The van der Waals surface area contributed by atoms with E-state index in [1.165, 1.54) is 12.0 Å². The lowest BCUT2D eigenvalue weighted by Crippen LogP contribution is -2.49. The fourth-order valence-corrected chi connectivity index (χ4v) is 4.33. The van der Waals surface area contributed by atoms with Gasteiger partial charge in [0.05, 0.1) is 13.0 Å². The van der Waals surface area contributed by atoms with Crippen LogP contribution in [0.3, 0.4) is 0 Å². The zero-order valence-electron chi connectivity index (χ0n) is 19.1. The van der Waals surface area contributed by atoms with Gasteiger partial charge in [0.25, 0.3) is 5.91 Å². The van der Waals surface area contributed by atoms with Crippen molar-refractivity contribution < 1.29 is 29.0 Å². The lowest BCUT2D eigenvalue weighted by atomic mass is 9.98. The lowest BCUT2D eigenvalue weighted by Gasteiger charge is -2.30. The quantitative estimate of drug-likeness (QED) is 0.571. The molecule has 8 nitrogen and oxygen atoms in total. The van der Waals surface area contributed by atoms with Crippen LogP contribution in [0.4, 0.5) is 4.79 Å². The van der Waals surface area contributed by atoms with Crippen LogP contribution in [0.5, 0.6) is 0 Å². The summed E-state index contributed by atoms with van der Waals surface area (Å²) in [5.41, 5.74) is 4.51. The molecule has 0 bridgehead atoms. The Morgan fingerprint density at radius 1 is 1.06 bits per heavy atom. The minimum absolute atomic E-state index is 0.0598. The van der Waals surface area contributed by atoms with Crippen LogP contribution in [-0.2, 0) is 19.1 Å². The van der Waals surface area contributed by atoms with Gasteiger partial charge in [-0.3, -0.25) is 9.59 Å². The number of hydrogen-bond acceptors (Lipinski definition) is 5. The molecule has 0 aromatic heterocycles. The SMILES string of the molecule is CCN(C(=O)C(CNC(=O)OCC1c2ccccc2-c2ccccc21)OC)C(C)CC(=O)O. The van der Waals surface area contributed by atoms with E-state index in [2.05, 4.69) is 17.4 Å². The number of amides is 2. The number of carbonyl (C=O) groups is 3. The third-order valence-electron chi connectivity index (χ3n) is 5.96. The van der Waals surface area contributed by atoms with Crippen molar-refractivity contribution in [2.24, 2.45) is 0 Å². The maximum atomic E-state index is 12.8. The Hall–Kier alpha value is -3.39. The number of benzene rings is 2. The monoisotopic (exact) mass is 454 g/mol. The van der Waals surface area contributed by atoms with E-state index in [1.807, 2.05) is 36.4 Å². The predicted octanol–water partition coefficient (Wildman–Crippen LogP) is 3.25. The highest BCUT2D eigenvalue weighted by Gasteiger charge is 2.30. The normalized spacial score (nSPS) is 14.0. The molecule has 0 aliphatic heterocycles. The summed E-state index contributed by atoms with van der Waals surface area (Å²) >= 11 is 0. The lowest BCUT2D eigenvalue weighted by molar-refractivity contribution is -0.146. The summed E-state index contributed by atoms with van der Waals surface area (Å²) in [5, 5.41) is 11.6. The standard InChI is InChI=1S/C25H30N2O6/c1-4-27(16(2)13-23(28)29)24(30)22(32-3)14-26-25(31)33-15-21-19-11-7-5-9-17(19)18-10-6-8-12-20(18)21/h5-12,16,21-22H,4,13-15H2,1-3H3,(H,26,31)(H,28,29). The van der Waals surface area contributed by atoms with Crippen LogP contribution in [0.1, 0.15) is 37.3 Å². The highest BCUT2D eigenvalue weighted by Crippen LogP contribution is 2.44. The van der Waals surface area contributed by atoms with Crippen molar-refractivity contribution in [1.29, 1.82) is 0 Å². The Labute approximate surface area is 193 Å². The van der Waals surface area contributed by atoms with Crippen molar-refractivity contribution in [2.45, 2.75) is 38.3 Å². The summed E-state index contributed by atoms with van der Waals surface area (Å²) in [6.07, 6.45) is -1.76. The average Bonchev–Trinajstić information content (AvgIpc) is 3.12. The molecule has 0 heterocycles. The molecule has 2 unspecified atom stereocenters. The van der Waals surface area contributed by atoms with Crippen molar-refractivity contribution in [3.63, 3.8) is 0 Å². The van der Waals surface area contributed by atoms with Crippen LogP contribution >= 0.6 is 0 Å². The van der Waals surface area contributed by atoms with Gasteiger partial charge < -0.3 is 24.8 Å². The molecular formula is C25H30N2O6. The van der Waals surface area contributed by atoms with E-state index in [1.54, 1.807) is 13.8 Å². The summed E-state index contributed by atoms with van der Waals surface area (Å²) < 4.78 is 10.8. The molecule has 1 aliphatic rings. The van der Waals surface area contributed by atoms with Crippen LogP contribution < -0.4 is 5.32 Å². The number of rotatable bonds is 10. The molecule has 2 N–H and O–H groups in total. The van der Waals surface area contributed by atoms with Gasteiger partial charge >= 0.3 is 12.1 Å². The molecule has 8 heteroatoms. The first-order valence-electron chi connectivity index (χ1n) is 11.0. The second-order valence-electron chi connectivity index (χ2n) is 8.00. The van der Waals surface area contributed by atoms with Crippen LogP contribution in [0.25, 0.3) is 11.1 Å². The topological polar surface area (TPSA) is 105 Å². The van der Waals surface area contributed by atoms with Gasteiger partial charge in [-0.15, -0.1) is 0 Å². The number of carbonyl (C=O) groups excluding carboxylic acids is 2. The predicted molar refractivity (Wildman–Crippen MR) is 123 cm³/mol. The number of carboxylic acid groups (broad SMARTS) is 1. The van der Waals surface area contributed by atoms with Crippen LogP contribution in [-0.4, -0.2) is 66.9 Å². The minimum atomic E-state index is -0.987. The summed E-state index contributed by atoms with van der Waals surface area (Å²) in [5.74, 6) is -1.43. The zero-order chi connectivity index (χ0) is 24.0. The second-order valence-corrected chi connectivity index (χ2v) is 8.00. The Morgan fingerprint density at radius 3 is 2.15 bits per heavy atom. The number of carboxylic acids is 1. The molecule has 2 atom stereocenters. The smallest absolute Gasteiger partial charge is 0.407 e. The Kier molecular flexibility index (Phi) is 8.06. The molecule has 176 valence electrons. The number of aliphatic carboxylic acids is 1. The molecule has 2 aromatic carbocycles. The number of likely N-dealkylation sites (N-methyl/N-ethyl adjacent to an activating group) is 1. The van der Waals surface area contributed by atoms with Crippen molar-refractivity contribution >= 4 is 18.0 Å². The maximum absolute atomic E-state index is 12.8. The number of ether oxygens (including phenoxy) is 2. The molecule has 1 aliphatic carbocycles. The fourth-order valence-electron chi connectivity index (χ4n) is 4.33. The summed E-state index contributed by atoms with van der Waals surface area (Å²) in [6.45, 7) is 3.85. The van der Waals surface area contributed by atoms with Crippen molar-refractivity contribution in [1.82, 2.24) is 10.2 Å². The number of nitrogens with zero attached hydrogens (tertiary/aromatic N) is 1. The highest BCUT2D eigenvalue weighted by molar-refractivity contribution is 5.83. The third-order valence-corrected chi connectivity index (χ3v) is 5.96. The summed E-state index contributed by atoms with van der Waals surface area (Å²) in [7, 11) is 1.37. The number of methoxy groups -OCH3 is 1. The molecule has 0 saturated carbocycles. The number of hydrogen-bond donors (Lipinski definition) is 2. The highest BCUT2D eigenvalue weighted by atomic mass is 16.5. The van der Waals surface area contributed by atoms with Gasteiger partial charge in [0.1, 0.15) is 6.61 Å². The molecule has 33 heavy (non-hydrogen) atoms. The van der Waals surface area contributed by atoms with E-state index in [0.29, 0.717) is 6.54 Å². The zero-order valence-corrected chi connectivity index (χ0v) is 19.1. The van der Waals surface area contributed by atoms with Gasteiger partial charge in [0.2, 0.25) is 0 Å². The van der Waals surface area contributed by atoms with Gasteiger partial charge in [-0.2, -0.15) is 0 Å². The number of nitrogens with one attached hydrogen (secondary N) is 1. The van der Waals surface area contributed by atoms with Crippen molar-refractivity contribution in [2.75, 3.05) is 26.8 Å². The maximum Gasteiger partial charge on any atom is 0.407 e. The molecule has 0 radical (unpaired) electrons. The molecular weight excluding hydrogens is 424 g/mol. The van der Waals surface area contributed by atoms with E-state index in [-0.39, 0.29) is 31.4 Å². The fraction of sp³-hybridized carbons (Fsp3) is 0.400. The van der Waals surface area contributed by atoms with Crippen molar-refractivity contribution in [3.05, 3.63) is 59.7 Å². The first kappa shape index (κ1) is 24.3. The Balaban J connectivity index is 1.58. The molecule has 2 aromatic rings. The minimum Gasteiger partial charge on any atom is -0.481 e. The van der Waals surface area contributed by atoms with Gasteiger partial charge in [0.15, 0.2) is 6.10 Å². The van der Waals surface area contributed by atoms with Gasteiger partial charge in [-0.1, -0.05) is 48.5 Å². The largest absolute Gasteiger partial charge is 0.481 e.